The first-order valence-corrected chi connectivity index (χ1v) is 6.67. The molecule has 98 valence electrons. The highest BCUT2D eigenvalue weighted by atomic mass is 32.1. The average Bonchev–Trinajstić information content (AvgIpc) is 2.38. The predicted molar refractivity (Wildman–Crippen MR) is 75.5 cm³/mol. The Hall–Kier alpha value is -1.20. The SMILES string of the molecule is CNCCc1ccc2c(c1)N(CS)C(=O)C(C)O2. The minimum absolute atomic E-state index is 0.0386. The first-order valence-electron chi connectivity index (χ1n) is 6.03. The van der Waals surface area contributed by atoms with Crippen LogP contribution in [0.1, 0.15) is 12.5 Å². The molecule has 2 rings (SSSR count). The zero-order chi connectivity index (χ0) is 13.1. The summed E-state index contributed by atoms with van der Waals surface area (Å²) in [4.78, 5) is 13.6. The van der Waals surface area contributed by atoms with Gasteiger partial charge in [-0.2, -0.15) is 12.6 Å². The topological polar surface area (TPSA) is 41.6 Å². The maximum Gasteiger partial charge on any atom is 0.268 e. The number of hydrogen-bond acceptors (Lipinski definition) is 4. The molecular formula is C13H18N2O2S. The zero-order valence-electron chi connectivity index (χ0n) is 10.6. The summed E-state index contributed by atoms with van der Waals surface area (Å²) in [5, 5.41) is 3.11. The number of amides is 1. The number of nitrogens with one attached hydrogen (secondary N) is 1. The summed E-state index contributed by atoms with van der Waals surface area (Å²) in [6, 6.07) is 5.97. The fourth-order valence-electron chi connectivity index (χ4n) is 2.02. The number of hydrogen-bond donors (Lipinski definition) is 2. The van der Waals surface area contributed by atoms with Gasteiger partial charge in [0.2, 0.25) is 0 Å². The van der Waals surface area contributed by atoms with Crippen molar-refractivity contribution in [2.24, 2.45) is 0 Å². The van der Waals surface area contributed by atoms with Crippen LogP contribution in [0.15, 0.2) is 18.2 Å². The number of fused-ring (bicyclic) bond motifs is 1. The van der Waals surface area contributed by atoms with Gasteiger partial charge in [0.05, 0.1) is 11.6 Å². The highest BCUT2D eigenvalue weighted by molar-refractivity contribution is 7.80. The van der Waals surface area contributed by atoms with Crippen LogP contribution in [0.4, 0.5) is 5.69 Å². The van der Waals surface area contributed by atoms with E-state index in [-0.39, 0.29) is 5.91 Å². The van der Waals surface area contributed by atoms with Gasteiger partial charge in [0.15, 0.2) is 6.10 Å². The van der Waals surface area contributed by atoms with Crippen molar-refractivity contribution in [3.8, 4) is 5.75 Å². The predicted octanol–water partition coefficient (Wildman–Crippen LogP) is 1.45. The monoisotopic (exact) mass is 266 g/mol. The smallest absolute Gasteiger partial charge is 0.268 e. The van der Waals surface area contributed by atoms with Crippen molar-refractivity contribution in [2.75, 3.05) is 24.4 Å². The van der Waals surface area contributed by atoms with Crippen LogP contribution in [0.25, 0.3) is 0 Å². The van der Waals surface area contributed by atoms with Gasteiger partial charge >= 0.3 is 0 Å². The number of carbonyl (C=O) groups is 1. The Balaban J connectivity index is 2.32. The van der Waals surface area contributed by atoms with Crippen LogP contribution >= 0.6 is 12.6 Å². The van der Waals surface area contributed by atoms with Crippen molar-refractivity contribution in [1.29, 1.82) is 0 Å². The van der Waals surface area contributed by atoms with Crippen LogP contribution in [-0.2, 0) is 11.2 Å². The number of anilines is 1. The Morgan fingerprint density at radius 3 is 2.94 bits per heavy atom. The number of benzene rings is 1. The van der Waals surface area contributed by atoms with E-state index in [0.717, 1.165) is 24.4 Å². The van der Waals surface area contributed by atoms with Crippen LogP contribution in [0, 0.1) is 0 Å². The van der Waals surface area contributed by atoms with Crippen LogP contribution in [-0.4, -0.2) is 31.5 Å². The highest BCUT2D eigenvalue weighted by Crippen LogP contribution is 2.35. The van der Waals surface area contributed by atoms with Gasteiger partial charge in [0, 0.05) is 0 Å². The van der Waals surface area contributed by atoms with Crippen molar-refractivity contribution < 1.29 is 9.53 Å². The second kappa shape index (κ2) is 5.63. The van der Waals surface area contributed by atoms with E-state index in [1.165, 1.54) is 5.56 Å². The van der Waals surface area contributed by atoms with Crippen LogP contribution in [0.2, 0.25) is 0 Å². The molecule has 1 atom stereocenters. The fourth-order valence-corrected chi connectivity index (χ4v) is 2.32. The van der Waals surface area contributed by atoms with E-state index in [1.54, 1.807) is 11.8 Å². The molecule has 0 saturated carbocycles. The summed E-state index contributed by atoms with van der Waals surface area (Å²) in [6.45, 7) is 2.67. The van der Waals surface area contributed by atoms with Gasteiger partial charge in [0.1, 0.15) is 5.75 Å². The Bertz CT molecular complexity index is 451. The van der Waals surface area contributed by atoms with Crippen molar-refractivity contribution in [1.82, 2.24) is 5.32 Å². The Labute approximate surface area is 113 Å². The second-order valence-electron chi connectivity index (χ2n) is 4.32. The summed E-state index contributed by atoms with van der Waals surface area (Å²) in [6.07, 6.45) is 0.487. The summed E-state index contributed by atoms with van der Waals surface area (Å²) >= 11 is 4.23. The lowest BCUT2D eigenvalue weighted by Gasteiger charge is -2.32. The molecule has 1 aliphatic rings. The van der Waals surface area contributed by atoms with E-state index in [4.69, 9.17) is 4.74 Å². The van der Waals surface area contributed by atoms with Crippen molar-refractivity contribution >= 4 is 24.2 Å². The molecule has 1 heterocycles. The van der Waals surface area contributed by atoms with E-state index >= 15 is 0 Å². The number of thiol groups is 1. The molecule has 0 aromatic heterocycles. The number of ether oxygens (including phenoxy) is 1. The summed E-state index contributed by atoms with van der Waals surface area (Å²) < 4.78 is 5.59. The summed E-state index contributed by atoms with van der Waals surface area (Å²) in [7, 11) is 1.92. The number of nitrogens with zero attached hydrogens (tertiary/aromatic N) is 1. The van der Waals surface area contributed by atoms with Crippen molar-refractivity contribution in [3.63, 3.8) is 0 Å². The number of likely N-dealkylation sites (N-methyl/N-ethyl adjacent to an activating group) is 1. The molecule has 5 heteroatoms. The largest absolute Gasteiger partial charge is 0.479 e. The minimum Gasteiger partial charge on any atom is -0.479 e. The average molecular weight is 266 g/mol. The van der Waals surface area contributed by atoms with E-state index < -0.39 is 6.10 Å². The second-order valence-corrected chi connectivity index (χ2v) is 4.61. The molecule has 1 amide bonds. The quantitative estimate of drug-likeness (QED) is 0.811. The molecule has 1 unspecified atom stereocenters. The minimum atomic E-state index is -0.437. The third kappa shape index (κ3) is 2.47. The summed E-state index contributed by atoms with van der Waals surface area (Å²) in [5.41, 5.74) is 2.00. The van der Waals surface area contributed by atoms with Crippen LogP contribution in [0.5, 0.6) is 5.75 Å². The molecule has 0 aliphatic carbocycles. The summed E-state index contributed by atoms with van der Waals surface area (Å²) in [5.74, 6) is 1.09. The maximum atomic E-state index is 12.0. The molecule has 1 aromatic rings. The number of rotatable bonds is 4. The van der Waals surface area contributed by atoms with E-state index in [9.17, 15) is 4.79 Å². The van der Waals surface area contributed by atoms with Gasteiger partial charge in [0.25, 0.3) is 5.91 Å². The normalized spacial score (nSPS) is 18.5. The van der Waals surface area contributed by atoms with E-state index in [0.29, 0.717) is 5.88 Å². The lowest BCUT2D eigenvalue weighted by Crippen LogP contribution is -2.43. The van der Waals surface area contributed by atoms with Crippen molar-refractivity contribution in [2.45, 2.75) is 19.4 Å². The third-order valence-electron chi connectivity index (χ3n) is 3.04. The maximum absolute atomic E-state index is 12.0. The standard InChI is InChI=1S/C13H18N2O2S/c1-9-13(16)15(8-18)11-7-10(5-6-14-2)3-4-12(11)17-9/h3-4,7,9,14,18H,5-6,8H2,1-2H3. The fraction of sp³-hybridized carbons (Fsp3) is 0.462. The van der Waals surface area contributed by atoms with Crippen LogP contribution < -0.4 is 15.0 Å². The lowest BCUT2D eigenvalue weighted by atomic mass is 10.1. The first-order chi connectivity index (χ1) is 8.67. The molecule has 0 radical (unpaired) electrons. The Morgan fingerprint density at radius 2 is 2.28 bits per heavy atom. The molecule has 18 heavy (non-hydrogen) atoms. The highest BCUT2D eigenvalue weighted by Gasteiger charge is 2.30. The zero-order valence-corrected chi connectivity index (χ0v) is 11.5. The molecule has 0 bridgehead atoms. The molecule has 0 spiro atoms. The molecule has 0 saturated heterocycles. The Morgan fingerprint density at radius 1 is 1.50 bits per heavy atom. The molecule has 1 N–H and O–H groups in total. The molecule has 4 nitrogen and oxygen atoms in total. The van der Waals surface area contributed by atoms with Gasteiger partial charge in [-0.15, -0.1) is 0 Å². The van der Waals surface area contributed by atoms with E-state index in [1.807, 2.05) is 25.2 Å². The van der Waals surface area contributed by atoms with Gasteiger partial charge in [-0.05, 0) is 44.6 Å². The van der Waals surface area contributed by atoms with E-state index in [2.05, 4.69) is 17.9 Å². The first kappa shape index (κ1) is 13.2. The van der Waals surface area contributed by atoms with Crippen LogP contribution in [0.3, 0.4) is 0 Å². The van der Waals surface area contributed by atoms with Gasteiger partial charge in [-0.25, -0.2) is 0 Å². The lowest BCUT2D eigenvalue weighted by molar-refractivity contribution is -0.125. The molecule has 1 aliphatic heterocycles. The van der Waals surface area contributed by atoms with Gasteiger partial charge in [-0.1, -0.05) is 6.07 Å². The van der Waals surface area contributed by atoms with Gasteiger partial charge < -0.3 is 10.1 Å². The number of carbonyl (C=O) groups excluding carboxylic acids is 1. The molecular weight excluding hydrogens is 248 g/mol. The third-order valence-corrected chi connectivity index (χ3v) is 3.32. The Kier molecular flexibility index (Phi) is 4.14. The molecule has 0 fully saturated rings. The van der Waals surface area contributed by atoms with Crippen molar-refractivity contribution in [3.05, 3.63) is 23.8 Å². The van der Waals surface area contributed by atoms with Gasteiger partial charge in [-0.3, -0.25) is 9.69 Å². The molecule has 1 aromatic carbocycles.